The normalized spacial score (nSPS) is 13.3. The largest absolute Gasteiger partial charge is 0.497 e. The molecule has 0 N–H and O–H groups in total. The van der Waals surface area contributed by atoms with E-state index in [1.165, 1.54) is 12.8 Å². The third-order valence-electron chi connectivity index (χ3n) is 5.74. The number of methoxy groups -OCH3 is 1. The molecule has 0 aliphatic heterocycles. The van der Waals surface area contributed by atoms with E-state index in [9.17, 15) is 4.79 Å². The number of aromatic nitrogens is 2. The van der Waals surface area contributed by atoms with Gasteiger partial charge in [-0.2, -0.15) is 5.10 Å². The number of carbonyl (C=O) groups is 1. The van der Waals surface area contributed by atoms with Crippen molar-refractivity contribution < 1.29 is 14.3 Å². The number of hydrogen-bond acceptors (Lipinski definition) is 4. The van der Waals surface area contributed by atoms with Gasteiger partial charge in [0.05, 0.1) is 19.2 Å². The zero-order valence-corrected chi connectivity index (χ0v) is 19.2. The fraction of sp³-hybridized carbons (Fsp3) is 0.385. The van der Waals surface area contributed by atoms with Gasteiger partial charge in [0, 0.05) is 25.1 Å². The molecular formula is C26H31N3O3. The molecule has 0 atom stereocenters. The van der Waals surface area contributed by atoms with E-state index in [-0.39, 0.29) is 11.8 Å². The third-order valence-corrected chi connectivity index (χ3v) is 5.74. The summed E-state index contributed by atoms with van der Waals surface area (Å²) in [6.45, 7) is 5.16. The highest BCUT2D eigenvalue weighted by molar-refractivity contribution is 5.78. The SMILES string of the molecule is COc1ccc(Oc2c(CN(CC3CC3)C(=O)C(C)C)c(-c3ccccc3)nn2C)cc1. The van der Waals surface area contributed by atoms with Crippen molar-refractivity contribution in [2.75, 3.05) is 13.7 Å². The van der Waals surface area contributed by atoms with Crippen LogP contribution in [-0.2, 0) is 18.4 Å². The number of ether oxygens (including phenoxy) is 2. The summed E-state index contributed by atoms with van der Waals surface area (Å²) in [6, 6.07) is 17.5. The topological polar surface area (TPSA) is 56.6 Å². The Morgan fingerprint density at radius 3 is 2.34 bits per heavy atom. The van der Waals surface area contributed by atoms with Gasteiger partial charge in [-0.05, 0) is 43.0 Å². The number of carbonyl (C=O) groups excluding carboxylic acids is 1. The third kappa shape index (κ3) is 4.96. The lowest BCUT2D eigenvalue weighted by Gasteiger charge is -2.25. The fourth-order valence-corrected chi connectivity index (χ4v) is 3.81. The van der Waals surface area contributed by atoms with E-state index < -0.39 is 0 Å². The second-order valence-electron chi connectivity index (χ2n) is 8.72. The molecule has 168 valence electrons. The Morgan fingerprint density at radius 2 is 1.75 bits per heavy atom. The van der Waals surface area contributed by atoms with Crippen molar-refractivity contribution in [3.05, 3.63) is 60.2 Å². The highest BCUT2D eigenvalue weighted by Crippen LogP contribution is 2.36. The molecule has 0 saturated heterocycles. The van der Waals surface area contributed by atoms with Crippen molar-refractivity contribution in [2.24, 2.45) is 18.9 Å². The Kier molecular flexibility index (Phi) is 6.49. The highest BCUT2D eigenvalue weighted by atomic mass is 16.5. The van der Waals surface area contributed by atoms with Crippen molar-refractivity contribution >= 4 is 5.91 Å². The summed E-state index contributed by atoms with van der Waals surface area (Å²) in [6.07, 6.45) is 2.38. The Hall–Kier alpha value is -3.28. The van der Waals surface area contributed by atoms with E-state index in [1.54, 1.807) is 11.8 Å². The molecule has 32 heavy (non-hydrogen) atoms. The molecule has 1 aliphatic rings. The Labute approximate surface area is 189 Å². The molecule has 0 spiro atoms. The van der Waals surface area contributed by atoms with Crippen LogP contribution in [0, 0.1) is 11.8 Å². The standard InChI is InChI=1S/C26H31N3O3/c1-18(2)25(30)29(16-19-10-11-19)17-23-24(20-8-6-5-7-9-20)27-28(3)26(23)32-22-14-12-21(31-4)13-15-22/h5-9,12-15,18-19H,10-11,16-17H2,1-4H3. The summed E-state index contributed by atoms with van der Waals surface area (Å²) in [5, 5.41) is 4.79. The van der Waals surface area contributed by atoms with Crippen molar-refractivity contribution in [1.29, 1.82) is 0 Å². The lowest BCUT2D eigenvalue weighted by Crippen LogP contribution is -2.35. The monoisotopic (exact) mass is 433 g/mol. The van der Waals surface area contributed by atoms with Crippen molar-refractivity contribution in [3.8, 4) is 28.6 Å². The molecule has 1 aliphatic carbocycles. The molecule has 1 saturated carbocycles. The first-order valence-corrected chi connectivity index (χ1v) is 11.2. The van der Waals surface area contributed by atoms with E-state index in [2.05, 4.69) is 0 Å². The van der Waals surface area contributed by atoms with Crippen LogP contribution >= 0.6 is 0 Å². The number of hydrogen-bond donors (Lipinski definition) is 0. The minimum atomic E-state index is -0.0587. The van der Waals surface area contributed by atoms with Crippen LogP contribution in [0.5, 0.6) is 17.4 Å². The quantitative estimate of drug-likeness (QED) is 0.461. The first kappa shape index (κ1) is 21.9. The maximum atomic E-state index is 13.0. The summed E-state index contributed by atoms with van der Waals surface area (Å²) < 4.78 is 13.3. The van der Waals surface area contributed by atoms with Gasteiger partial charge in [0.25, 0.3) is 0 Å². The molecule has 2 aromatic carbocycles. The minimum Gasteiger partial charge on any atom is -0.497 e. The molecule has 0 radical (unpaired) electrons. The van der Waals surface area contributed by atoms with Crippen molar-refractivity contribution in [1.82, 2.24) is 14.7 Å². The second-order valence-corrected chi connectivity index (χ2v) is 8.72. The molecular weight excluding hydrogens is 402 g/mol. The van der Waals surface area contributed by atoms with Crippen LogP contribution in [0.2, 0.25) is 0 Å². The molecule has 6 nitrogen and oxygen atoms in total. The summed E-state index contributed by atoms with van der Waals surface area (Å²) in [7, 11) is 3.52. The van der Waals surface area contributed by atoms with Gasteiger partial charge in [-0.25, -0.2) is 4.68 Å². The van der Waals surface area contributed by atoms with Gasteiger partial charge in [0.1, 0.15) is 17.2 Å². The maximum Gasteiger partial charge on any atom is 0.225 e. The second kappa shape index (κ2) is 9.47. The number of nitrogens with zero attached hydrogens (tertiary/aromatic N) is 3. The van der Waals surface area contributed by atoms with Gasteiger partial charge >= 0.3 is 0 Å². The highest BCUT2D eigenvalue weighted by Gasteiger charge is 2.30. The predicted octanol–water partition coefficient (Wildman–Crippen LogP) is 5.28. The van der Waals surface area contributed by atoms with Crippen LogP contribution in [0.3, 0.4) is 0 Å². The van der Waals surface area contributed by atoms with Crippen LogP contribution in [0.1, 0.15) is 32.3 Å². The molecule has 4 rings (SSSR count). The van der Waals surface area contributed by atoms with Crippen LogP contribution in [-0.4, -0.2) is 34.2 Å². The number of aryl methyl sites for hydroxylation is 1. The van der Waals surface area contributed by atoms with Crippen LogP contribution < -0.4 is 9.47 Å². The molecule has 3 aromatic rings. The Morgan fingerprint density at radius 1 is 1.09 bits per heavy atom. The van der Waals surface area contributed by atoms with Gasteiger partial charge < -0.3 is 14.4 Å². The summed E-state index contributed by atoms with van der Waals surface area (Å²) >= 11 is 0. The van der Waals surface area contributed by atoms with Crippen LogP contribution in [0.4, 0.5) is 0 Å². The Balaban J connectivity index is 1.73. The maximum absolute atomic E-state index is 13.0. The van der Waals surface area contributed by atoms with Gasteiger partial charge in [0.2, 0.25) is 11.8 Å². The molecule has 0 unspecified atom stereocenters. The van der Waals surface area contributed by atoms with Crippen molar-refractivity contribution in [3.63, 3.8) is 0 Å². The first-order chi connectivity index (χ1) is 15.5. The lowest BCUT2D eigenvalue weighted by atomic mass is 10.1. The van der Waals surface area contributed by atoms with Gasteiger partial charge in [-0.15, -0.1) is 0 Å². The zero-order chi connectivity index (χ0) is 22.7. The lowest BCUT2D eigenvalue weighted by molar-refractivity contribution is -0.135. The van der Waals surface area contributed by atoms with Gasteiger partial charge in [-0.3, -0.25) is 4.79 Å². The van der Waals surface area contributed by atoms with E-state index in [0.717, 1.165) is 29.1 Å². The first-order valence-electron chi connectivity index (χ1n) is 11.2. The average molecular weight is 434 g/mol. The van der Waals surface area contributed by atoms with Gasteiger partial charge in [0.15, 0.2) is 0 Å². The number of rotatable bonds is 9. The van der Waals surface area contributed by atoms with Crippen LogP contribution in [0.15, 0.2) is 54.6 Å². The predicted molar refractivity (Wildman–Crippen MR) is 125 cm³/mol. The number of amides is 1. The van der Waals surface area contributed by atoms with E-state index in [4.69, 9.17) is 14.6 Å². The smallest absolute Gasteiger partial charge is 0.225 e. The molecule has 1 amide bonds. The molecule has 0 bridgehead atoms. The van der Waals surface area contributed by atoms with E-state index >= 15 is 0 Å². The van der Waals surface area contributed by atoms with Crippen LogP contribution in [0.25, 0.3) is 11.3 Å². The number of benzene rings is 2. The van der Waals surface area contributed by atoms with Gasteiger partial charge in [-0.1, -0.05) is 44.2 Å². The summed E-state index contributed by atoms with van der Waals surface area (Å²) in [4.78, 5) is 15.0. The fourth-order valence-electron chi connectivity index (χ4n) is 3.81. The van der Waals surface area contributed by atoms with E-state index in [1.807, 2.05) is 80.4 Å². The molecule has 6 heteroatoms. The molecule has 1 aromatic heterocycles. The minimum absolute atomic E-state index is 0.0587. The van der Waals surface area contributed by atoms with E-state index in [0.29, 0.717) is 24.1 Å². The van der Waals surface area contributed by atoms with Crippen molar-refractivity contribution in [2.45, 2.75) is 33.2 Å². The zero-order valence-electron chi connectivity index (χ0n) is 19.2. The summed E-state index contributed by atoms with van der Waals surface area (Å²) in [5.41, 5.74) is 2.77. The molecule has 1 heterocycles. The average Bonchev–Trinajstić information content (AvgIpc) is 3.58. The summed E-state index contributed by atoms with van der Waals surface area (Å²) in [5.74, 6) is 2.81. The molecule has 1 fully saturated rings. The Bertz CT molecular complexity index is 1050.